The third-order valence-electron chi connectivity index (χ3n) is 5.02. The summed E-state index contributed by atoms with van der Waals surface area (Å²) < 4.78 is 0. The molecule has 124 valence electrons. The number of nitrogens with zero attached hydrogens (tertiary/aromatic N) is 1. The average Bonchev–Trinajstić information content (AvgIpc) is 2.61. The minimum Gasteiger partial charge on any atom is -0.264 e. The van der Waals surface area contributed by atoms with Crippen LogP contribution in [-0.2, 0) is 6.42 Å². The van der Waals surface area contributed by atoms with E-state index in [2.05, 4.69) is 35.3 Å². The Kier molecular flexibility index (Phi) is 7.61. The molecule has 0 unspecified atom stereocenters. The van der Waals surface area contributed by atoms with Gasteiger partial charge < -0.3 is 0 Å². The third-order valence-corrected chi connectivity index (χ3v) is 5.02. The highest BCUT2D eigenvalue weighted by atomic mass is 35.5. The SMILES string of the molecule is Cl.c1cncc(-c2ccccc2CCCCC2CCCCC2)c1. The molecule has 0 N–H and O–H groups in total. The van der Waals surface area contributed by atoms with Crippen molar-refractivity contribution in [2.45, 2.75) is 57.8 Å². The second kappa shape index (κ2) is 9.72. The maximum Gasteiger partial charge on any atom is 0.0346 e. The highest BCUT2D eigenvalue weighted by molar-refractivity contribution is 5.85. The van der Waals surface area contributed by atoms with E-state index < -0.39 is 0 Å². The minimum absolute atomic E-state index is 0. The van der Waals surface area contributed by atoms with Crippen LogP contribution in [0.5, 0.6) is 0 Å². The van der Waals surface area contributed by atoms with Crippen molar-refractivity contribution in [1.29, 1.82) is 0 Å². The van der Waals surface area contributed by atoms with Gasteiger partial charge in [0.1, 0.15) is 0 Å². The van der Waals surface area contributed by atoms with Crippen LogP contribution in [0.15, 0.2) is 48.8 Å². The van der Waals surface area contributed by atoms with E-state index in [4.69, 9.17) is 0 Å². The van der Waals surface area contributed by atoms with E-state index in [9.17, 15) is 0 Å². The zero-order valence-electron chi connectivity index (χ0n) is 13.9. The number of pyridine rings is 1. The van der Waals surface area contributed by atoms with Crippen molar-refractivity contribution in [1.82, 2.24) is 4.98 Å². The molecule has 0 amide bonds. The van der Waals surface area contributed by atoms with Crippen LogP contribution in [0.4, 0.5) is 0 Å². The molecule has 0 aliphatic heterocycles. The number of rotatable bonds is 6. The van der Waals surface area contributed by atoms with Gasteiger partial charge in [-0.1, -0.05) is 75.3 Å². The predicted molar refractivity (Wildman–Crippen MR) is 101 cm³/mol. The Morgan fingerprint density at radius 1 is 0.913 bits per heavy atom. The highest BCUT2D eigenvalue weighted by Crippen LogP contribution is 2.29. The summed E-state index contributed by atoms with van der Waals surface area (Å²) in [5.74, 6) is 1.02. The molecule has 1 nitrogen and oxygen atoms in total. The molecular weight excluding hydrogens is 302 g/mol. The van der Waals surface area contributed by atoms with Crippen molar-refractivity contribution < 1.29 is 0 Å². The minimum atomic E-state index is 0. The molecule has 2 heteroatoms. The molecule has 0 atom stereocenters. The van der Waals surface area contributed by atoms with Crippen LogP contribution in [-0.4, -0.2) is 4.98 Å². The number of unbranched alkanes of at least 4 members (excludes halogenated alkanes) is 1. The van der Waals surface area contributed by atoms with Gasteiger partial charge in [-0.2, -0.15) is 0 Å². The van der Waals surface area contributed by atoms with Crippen LogP contribution in [0.25, 0.3) is 11.1 Å². The summed E-state index contributed by atoms with van der Waals surface area (Å²) in [4.78, 5) is 4.26. The Bertz CT molecular complexity index is 561. The molecule has 1 saturated carbocycles. The first-order chi connectivity index (χ1) is 10.9. The van der Waals surface area contributed by atoms with Crippen LogP contribution in [0.1, 0.15) is 56.9 Å². The van der Waals surface area contributed by atoms with Crippen molar-refractivity contribution in [3.63, 3.8) is 0 Å². The highest BCUT2D eigenvalue weighted by Gasteiger charge is 2.12. The van der Waals surface area contributed by atoms with Crippen molar-refractivity contribution in [2.24, 2.45) is 5.92 Å². The summed E-state index contributed by atoms with van der Waals surface area (Å²) >= 11 is 0. The van der Waals surface area contributed by atoms with Gasteiger partial charge >= 0.3 is 0 Å². The molecule has 0 spiro atoms. The van der Waals surface area contributed by atoms with Crippen LogP contribution in [0.2, 0.25) is 0 Å². The fourth-order valence-corrected chi connectivity index (χ4v) is 3.77. The first kappa shape index (κ1) is 18.0. The van der Waals surface area contributed by atoms with Crippen LogP contribution in [0.3, 0.4) is 0 Å². The summed E-state index contributed by atoms with van der Waals surface area (Å²) in [5.41, 5.74) is 4.07. The standard InChI is InChI=1S/C21H27N.ClH/c1-2-9-18(10-3-1)11-4-5-12-19-13-6-7-15-21(19)20-14-8-16-22-17-20;/h6-8,13-18H,1-5,9-12H2;1H. The van der Waals surface area contributed by atoms with E-state index in [1.807, 2.05) is 18.5 Å². The number of hydrogen-bond donors (Lipinski definition) is 0. The van der Waals surface area contributed by atoms with Gasteiger partial charge in [0.05, 0.1) is 0 Å². The molecule has 2 aromatic rings. The van der Waals surface area contributed by atoms with E-state index in [0.29, 0.717) is 0 Å². The van der Waals surface area contributed by atoms with Gasteiger partial charge in [0.25, 0.3) is 0 Å². The van der Waals surface area contributed by atoms with Crippen LogP contribution >= 0.6 is 12.4 Å². The maximum atomic E-state index is 4.26. The first-order valence-electron chi connectivity index (χ1n) is 8.92. The third kappa shape index (κ3) is 5.35. The lowest BCUT2D eigenvalue weighted by atomic mass is 9.85. The van der Waals surface area contributed by atoms with Crippen molar-refractivity contribution >= 4 is 12.4 Å². The Balaban J connectivity index is 0.00000192. The van der Waals surface area contributed by atoms with Gasteiger partial charge in [0.2, 0.25) is 0 Å². The van der Waals surface area contributed by atoms with E-state index >= 15 is 0 Å². The van der Waals surface area contributed by atoms with Gasteiger partial charge in [0.15, 0.2) is 0 Å². The number of halogens is 1. The molecule has 1 heterocycles. The van der Waals surface area contributed by atoms with E-state index in [1.54, 1.807) is 0 Å². The molecule has 1 fully saturated rings. The van der Waals surface area contributed by atoms with E-state index in [-0.39, 0.29) is 12.4 Å². The predicted octanol–water partition coefficient (Wildman–Crippen LogP) is 6.46. The number of benzene rings is 1. The zero-order valence-corrected chi connectivity index (χ0v) is 14.7. The second-order valence-corrected chi connectivity index (χ2v) is 6.65. The van der Waals surface area contributed by atoms with E-state index in [1.165, 1.54) is 74.5 Å². The molecule has 23 heavy (non-hydrogen) atoms. The quantitative estimate of drug-likeness (QED) is 0.554. The Labute approximate surface area is 147 Å². The summed E-state index contributed by atoms with van der Waals surface area (Å²) in [5, 5.41) is 0. The molecule has 1 aromatic heterocycles. The van der Waals surface area contributed by atoms with Crippen molar-refractivity contribution in [2.75, 3.05) is 0 Å². The molecule has 3 rings (SSSR count). The summed E-state index contributed by atoms with van der Waals surface area (Å²) in [6.07, 6.45) is 16.5. The summed E-state index contributed by atoms with van der Waals surface area (Å²) in [7, 11) is 0. The van der Waals surface area contributed by atoms with Crippen molar-refractivity contribution in [3.8, 4) is 11.1 Å². The Hall–Kier alpha value is -1.34. The van der Waals surface area contributed by atoms with Gasteiger partial charge in [-0.25, -0.2) is 0 Å². The normalized spacial score (nSPS) is 15.1. The molecular formula is C21H28ClN. The smallest absolute Gasteiger partial charge is 0.0346 e. The van der Waals surface area contributed by atoms with Crippen LogP contribution < -0.4 is 0 Å². The Morgan fingerprint density at radius 3 is 2.52 bits per heavy atom. The second-order valence-electron chi connectivity index (χ2n) is 6.65. The lowest BCUT2D eigenvalue weighted by molar-refractivity contribution is 0.330. The van der Waals surface area contributed by atoms with Gasteiger partial charge in [-0.3, -0.25) is 4.98 Å². The summed E-state index contributed by atoms with van der Waals surface area (Å²) in [6, 6.07) is 13.0. The topological polar surface area (TPSA) is 12.9 Å². The molecule has 1 aliphatic rings. The average molecular weight is 330 g/mol. The van der Waals surface area contributed by atoms with Gasteiger partial charge in [0, 0.05) is 18.0 Å². The molecule has 0 radical (unpaired) electrons. The lowest BCUT2D eigenvalue weighted by Crippen LogP contribution is -2.06. The fourth-order valence-electron chi connectivity index (χ4n) is 3.77. The maximum absolute atomic E-state index is 4.26. The van der Waals surface area contributed by atoms with E-state index in [0.717, 1.165) is 5.92 Å². The first-order valence-corrected chi connectivity index (χ1v) is 8.92. The zero-order chi connectivity index (χ0) is 15.0. The summed E-state index contributed by atoms with van der Waals surface area (Å²) in [6.45, 7) is 0. The monoisotopic (exact) mass is 329 g/mol. The van der Waals surface area contributed by atoms with Crippen molar-refractivity contribution in [3.05, 3.63) is 54.4 Å². The number of hydrogen-bond acceptors (Lipinski definition) is 1. The van der Waals surface area contributed by atoms with Crippen LogP contribution in [0, 0.1) is 5.92 Å². The molecule has 1 aromatic carbocycles. The van der Waals surface area contributed by atoms with Gasteiger partial charge in [-0.15, -0.1) is 12.4 Å². The number of aryl methyl sites for hydroxylation is 1. The Morgan fingerprint density at radius 2 is 1.74 bits per heavy atom. The lowest BCUT2D eigenvalue weighted by Gasteiger charge is -2.21. The molecule has 1 aliphatic carbocycles. The fraction of sp³-hybridized carbons (Fsp3) is 0.476. The molecule has 0 bridgehead atoms. The van der Waals surface area contributed by atoms with Gasteiger partial charge in [-0.05, 0) is 36.0 Å². The largest absolute Gasteiger partial charge is 0.264 e. The number of aromatic nitrogens is 1. The molecule has 0 saturated heterocycles.